The zero-order chi connectivity index (χ0) is 13.3. The Morgan fingerprint density at radius 3 is 2.56 bits per heavy atom. The maximum Gasteiger partial charge on any atom is 0.175 e. The number of sulfone groups is 1. The first-order chi connectivity index (χ1) is 8.38. The Bertz CT molecular complexity index is 664. The second-order valence-electron chi connectivity index (χ2n) is 3.85. The summed E-state index contributed by atoms with van der Waals surface area (Å²) in [4.78, 5) is 1.33. The Balaban J connectivity index is 2.40. The summed E-state index contributed by atoms with van der Waals surface area (Å²) in [6.45, 7) is 0. The van der Waals surface area contributed by atoms with E-state index in [1.807, 2.05) is 18.2 Å². The van der Waals surface area contributed by atoms with Gasteiger partial charge in [0.05, 0.1) is 14.1 Å². The van der Waals surface area contributed by atoms with Gasteiger partial charge in [-0.3, -0.25) is 0 Å². The SMILES string of the molecule is CS(=O)(=O)c1cccc(C(Br)c2ccc(Cl)s2)c1. The van der Waals surface area contributed by atoms with Crippen molar-refractivity contribution in [3.8, 4) is 0 Å². The average Bonchev–Trinajstić information content (AvgIpc) is 2.74. The van der Waals surface area contributed by atoms with Gasteiger partial charge in [-0.05, 0) is 29.8 Å². The van der Waals surface area contributed by atoms with E-state index in [0.29, 0.717) is 9.23 Å². The normalized spacial score (nSPS) is 13.5. The number of alkyl halides is 1. The predicted molar refractivity (Wildman–Crippen MR) is 79.7 cm³/mol. The summed E-state index contributed by atoms with van der Waals surface area (Å²) < 4.78 is 23.7. The zero-order valence-corrected chi connectivity index (χ0v) is 13.4. The van der Waals surface area contributed by atoms with Gasteiger partial charge in [-0.2, -0.15) is 0 Å². The third-order valence-electron chi connectivity index (χ3n) is 2.42. The summed E-state index contributed by atoms with van der Waals surface area (Å²) in [6, 6.07) is 10.7. The van der Waals surface area contributed by atoms with Crippen LogP contribution in [0.4, 0.5) is 0 Å². The molecule has 2 rings (SSSR count). The van der Waals surface area contributed by atoms with E-state index in [9.17, 15) is 8.42 Å². The molecule has 6 heteroatoms. The van der Waals surface area contributed by atoms with Crippen LogP contribution in [0, 0.1) is 0 Å². The molecule has 0 aliphatic rings. The Kier molecular flexibility index (Phi) is 4.16. The van der Waals surface area contributed by atoms with Crippen molar-refractivity contribution >= 4 is 48.7 Å². The first-order valence-electron chi connectivity index (χ1n) is 5.07. The maximum atomic E-state index is 11.5. The van der Waals surface area contributed by atoms with Crippen molar-refractivity contribution in [2.75, 3.05) is 6.26 Å². The number of rotatable bonds is 3. The highest BCUT2D eigenvalue weighted by Gasteiger charge is 2.15. The van der Waals surface area contributed by atoms with Crippen molar-refractivity contribution < 1.29 is 8.42 Å². The minimum absolute atomic E-state index is 0.0447. The predicted octanol–water partition coefficient (Wildman–Crippen LogP) is 4.29. The molecule has 0 saturated heterocycles. The Morgan fingerprint density at radius 1 is 1.28 bits per heavy atom. The summed E-state index contributed by atoms with van der Waals surface area (Å²) >= 11 is 10.9. The van der Waals surface area contributed by atoms with Gasteiger partial charge in [0, 0.05) is 11.1 Å². The quantitative estimate of drug-likeness (QED) is 0.760. The fourth-order valence-corrected chi connectivity index (χ4v) is 3.99. The molecule has 96 valence electrons. The lowest BCUT2D eigenvalue weighted by molar-refractivity contribution is 0.602. The maximum absolute atomic E-state index is 11.5. The Morgan fingerprint density at radius 2 is 2.00 bits per heavy atom. The van der Waals surface area contributed by atoms with Crippen molar-refractivity contribution in [3.63, 3.8) is 0 Å². The fraction of sp³-hybridized carbons (Fsp3) is 0.167. The second-order valence-corrected chi connectivity index (χ2v) is 8.53. The molecule has 2 aromatic rings. The standard InChI is InChI=1S/C12H10BrClO2S2/c1-18(15,16)9-4-2-3-8(7-9)12(13)10-5-6-11(14)17-10/h2-7,12H,1H3. The lowest BCUT2D eigenvalue weighted by Gasteiger charge is -2.09. The van der Waals surface area contributed by atoms with E-state index in [-0.39, 0.29) is 4.83 Å². The van der Waals surface area contributed by atoms with E-state index in [2.05, 4.69) is 15.9 Å². The van der Waals surface area contributed by atoms with Crippen molar-refractivity contribution in [3.05, 3.63) is 51.2 Å². The molecular weight excluding hydrogens is 356 g/mol. The molecule has 0 spiro atoms. The van der Waals surface area contributed by atoms with E-state index in [1.54, 1.807) is 18.2 Å². The van der Waals surface area contributed by atoms with Crippen molar-refractivity contribution in [1.29, 1.82) is 0 Å². The molecule has 1 unspecified atom stereocenters. The average molecular weight is 366 g/mol. The molecule has 1 aromatic carbocycles. The van der Waals surface area contributed by atoms with Crippen LogP contribution in [0.5, 0.6) is 0 Å². The Labute approximate surface area is 124 Å². The molecule has 0 saturated carbocycles. The van der Waals surface area contributed by atoms with Gasteiger partial charge in [-0.25, -0.2) is 8.42 Å². The largest absolute Gasteiger partial charge is 0.224 e. The van der Waals surface area contributed by atoms with E-state index >= 15 is 0 Å². The molecule has 0 amide bonds. The van der Waals surface area contributed by atoms with Gasteiger partial charge in [0.25, 0.3) is 0 Å². The zero-order valence-electron chi connectivity index (χ0n) is 9.43. The van der Waals surface area contributed by atoms with Crippen molar-refractivity contribution in [2.24, 2.45) is 0 Å². The smallest absolute Gasteiger partial charge is 0.175 e. The van der Waals surface area contributed by atoms with Crippen molar-refractivity contribution in [1.82, 2.24) is 0 Å². The lowest BCUT2D eigenvalue weighted by Crippen LogP contribution is -1.99. The first-order valence-corrected chi connectivity index (χ1v) is 9.07. The molecule has 0 aliphatic heterocycles. The van der Waals surface area contributed by atoms with Gasteiger partial charge in [-0.15, -0.1) is 11.3 Å². The summed E-state index contributed by atoms with van der Waals surface area (Å²) in [6.07, 6.45) is 1.21. The molecule has 2 nitrogen and oxygen atoms in total. The Hall–Kier alpha value is -0.360. The van der Waals surface area contributed by atoms with Crippen LogP contribution in [0.1, 0.15) is 15.3 Å². The molecule has 0 radical (unpaired) electrons. The molecule has 0 fully saturated rings. The van der Waals surface area contributed by atoms with Gasteiger partial charge >= 0.3 is 0 Å². The highest BCUT2D eigenvalue weighted by atomic mass is 79.9. The third-order valence-corrected chi connectivity index (χ3v) is 6.15. The number of hydrogen-bond acceptors (Lipinski definition) is 3. The van der Waals surface area contributed by atoms with Crippen LogP contribution in [0.15, 0.2) is 41.3 Å². The molecule has 0 aliphatic carbocycles. The van der Waals surface area contributed by atoms with Gasteiger partial charge < -0.3 is 0 Å². The van der Waals surface area contributed by atoms with E-state index in [0.717, 1.165) is 10.4 Å². The topological polar surface area (TPSA) is 34.1 Å². The molecule has 1 heterocycles. The molecule has 1 atom stereocenters. The minimum atomic E-state index is -3.18. The number of halogens is 2. The molecular formula is C12H10BrClO2S2. The van der Waals surface area contributed by atoms with Crippen LogP contribution >= 0.6 is 38.9 Å². The van der Waals surface area contributed by atoms with E-state index in [1.165, 1.54) is 17.6 Å². The van der Waals surface area contributed by atoms with Crippen LogP contribution in [0.3, 0.4) is 0 Å². The fourth-order valence-electron chi connectivity index (χ4n) is 1.53. The van der Waals surface area contributed by atoms with Crippen LogP contribution in [0.2, 0.25) is 4.34 Å². The summed E-state index contributed by atoms with van der Waals surface area (Å²) in [5, 5.41) is 0. The number of hydrogen-bond donors (Lipinski definition) is 0. The molecule has 0 bridgehead atoms. The van der Waals surface area contributed by atoms with Gasteiger partial charge in [0.2, 0.25) is 0 Å². The van der Waals surface area contributed by atoms with E-state index in [4.69, 9.17) is 11.6 Å². The summed E-state index contributed by atoms with van der Waals surface area (Å²) in [5.74, 6) is 0. The lowest BCUT2D eigenvalue weighted by atomic mass is 10.1. The summed E-state index contributed by atoms with van der Waals surface area (Å²) in [5.41, 5.74) is 0.899. The monoisotopic (exact) mass is 364 g/mol. The summed E-state index contributed by atoms with van der Waals surface area (Å²) in [7, 11) is -3.18. The third kappa shape index (κ3) is 3.15. The highest BCUT2D eigenvalue weighted by Crippen LogP contribution is 2.37. The van der Waals surface area contributed by atoms with Crippen LogP contribution < -0.4 is 0 Å². The molecule has 1 aromatic heterocycles. The first kappa shape index (κ1) is 14.1. The second kappa shape index (κ2) is 5.33. The van der Waals surface area contributed by atoms with Crippen molar-refractivity contribution in [2.45, 2.75) is 9.72 Å². The number of thiophene rings is 1. The minimum Gasteiger partial charge on any atom is -0.224 e. The van der Waals surface area contributed by atoms with Crippen LogP contribution in [-0.4, -0.2) is 14.7 Å². The van der Waals surface area contributed by atoms with Gasteiger partial charge in [0.1, 0.15) is 0 Å². The van der Waals surface area contributed by atoms with Gasteiger partial charge in [-0.1, -0.05) is 39.7 Å². The molecule has 0 N–H and O–H groups in total. The highest BCUT2D eigenvalue weighted by molar-refractivity contribution is 9.09. The number of benzene rings is 1. The van der Waals surface area contributed by atoms with Gasteiger partial charge in [0.15, 0.2) is 9.84 Å². The van der Waals surface area contributed by atoms with E-state index < -0.39 is 9.84 Å². The molecule has 18 heavy (non-hydrogen) atoms. The van der Waals surface area contributed by atoms with Crippen LogP contribution in [-0.2, 0) is 9.84 Å². The van der Waals surface area contributed by atoms with Crippen LogP contribution in [0.25, 0.3) is 0 Å².